The fourth-order valence-electron chi connectivity index (χ4n) is 1.42. The second kappa shape index (κ2) is 4.85. The van der Waals surface area contributed by atoms with Crippen LogP contribution in [0.5, 0.6) is 0 Å². The molecule has 6 nitrogen and oxygen atoms in total. The molecule has 18 heavy (non-hydrogen) atoms. The predicted octanol–water partition coefficient (Wildman–Crippen LogP) is 2.46. The summed E-state index contributed by atoms with van der Waals surface area (Å²) in [5.74, 6) is -0.544. The van der Waals surface area contributed by atoms with E-state index in [2.05, 4.69) is 24.8 Å². The van der Waals surface area contributed by atoms with Gasteiger partial charge in [0.2, 0.25) is 0 Å². The van der Waals surface area contributed by atoms with Gasteiger partial charge in [0.15, 0.2) is 5.69 Å². The predicted molar refractivity (Wildman–Crippen MR) is 64.4 cm³/mol. The summed E-state index contributed by atoms with van der Waals surface area (Å²) in [6.45, 7) is 6.97. The summed E-state index contributed by atoms with van der Waals surface area (Å²) in [5.41, 5.74) is 1.08. The van der Waals surface area contributed by atoms with E-state index in [1.807, 2.05) is 0 Å². The van der Waals surface area contributed by atoms with E-state index in [-0.39, 0.29) is 16.4 Å². The van der Waals surface area contributed by atoms with E-state index < -0.39 is 5.97 Å². The fourth-order valence-corrected chi connectivity index (χ4v) is 1.62. The van der Waals surface area contributed by atoms with Crippen LogP contribution in [0, 0.1) is 6.57 Å². The Hall–Kier alpha value is -2.39. The highest BCUT2D eigenvalue weighted by molar-refractivity contribution is 6.33. The first-order valence-electron chi connectivity index (χ1n) is 4.83. The summed E-state index contributed by atoms with van der Waals surface area (Å²) < 4.78 is 4.66. The van der Waals surface area contributed by atoms with Gasteiger partial charge in [0.25, 0.3) is 5.82 Å². The van der Waals surface area contributed by atoms with Gasteiger partial charge in [-0.2, -0.15) is 5.10 Å². The number of pyridine rings is 1. The van der Waals surface area contributed by atoms with E-state index in [0.29, 0.717) is 11.3 Å². The average Bonchev–Trinajstić information content (AvgIpc) is 2.91. The van der Waals surface area contributed by atoms with Gasteiger partial charge in [-0.1, -0.05) is 18.2 Å². The molecular weight excluding hydrogens is 256 g/mol. The number of nitrogens with one attached hydrogen (secondary N) is 1. The molecule has 0 aliphatic carbocycles. The maximum Gasteiger partial charge on any atom is 0.342 e. The van der Waals surface area contributed by atoms with Crippen molar-refractivity contribution in [2.75, 3.05) is 7.11 Å². The molecule has 0 aliphatic heterocycles. The van der Waals surface area contributed by atoms with Crippen LogP contribution in [0.4, 0.5) is 5.82 Å². The minimum Gasteiger partial charge on any atom is -0.465 e. The van der Waals surface area contributed by atoms with Gasteiger partial charge in [0.05, 0.1) is 23.9 Å². The van der Waals surface area contributed by atoms with Crippen LogP contribution in [0.25, 0.3) is 16.1 Å². The second-order valence-electron chi connectivity index (χ2n) is 3.28. The Balaban J connectivity index is 2.69. The highest BCUT2D eigenvalue weighted by atomic mass is 35.5. The number of nitrogens with zero attached hydrogens (tertiary/aromatic N) is 3. The summed E-state index contributed by atoms with van der Waals surface area (Å²) >= 11 is 5.86. The van der Waals surface area contributed by atoms with Crippen LogP contribution in [-0.2, 0) is 4.74 Å². The second-order valence-corrected chi connectivity index (χ2v) is 3.69. The van der Waals surface area contributed by atoms with Crippen LogP contribution < -0.4 is 0 Å². The van der Waals surface area contributed by atoms with Crippen molar-refractivity contribution in [3.8, 4) is 11.3 Å². The van der Waals surface area contributed by atoms with Gasteiger partial charge in [0, 0.05) is 6.20 Å². The Kier molecular flexibility index (Phi) is 3.26. The SMILES string of the molecule is [C-]#[N+]c1nc(-c2cn[nH]c2)c(C(=O)OC)cc1Cl. The molecule has 0 amide bonds. The molecule has 0 fully saturated rings. The number of carbonyl (C=O) groups is 1. The smallest absolute Gasteiger partial charge is 0.342 e. The Labute approximate surface area is 107 Å². The molecule has 7 heteroatoms. The van der Waals surface area contributed by atoms with Crippen LogP contribution in [-0.4, -0.2) is 28.3 Å². The van der Waals surface area contributed by atoms with Crippen molar-refractivity contribution < 1.29 is 9.53 Å². The van der Waals surface area contributed by atoms with E-state index in [4.69, 9.17) is 18.2 Å². The topological polar surface area (TPSA) is 72.2 Å². The van der Waals surface area contributed by atoms with Crippen molar-refractivity contribution >= 4 is 23.4 Å². The largest absolute Gasteiger partial charge is 0.465 e. The van der Waals surface area contributed by atoms with E-state index in [9.17, 15) is 4.79 Å². The third-order valence-electron chi connectivity index (χ3n) is 2.24. The summed E-state index contributed by atoms with van der Waals surface area (Å²) in [6, 6.07) is 1.37. The molecule has 0 bridgehead atoms. The van der Waals surface area contributed by atoms with Gasteiger partial charge in [-0.25, -0.2) is 4.79 Å². The van der Waals surface area contributed by atoms with E-state index in [1.54, 1.807) is 6.20 Å². The zero-order chi connectivity index (χ0) is 13.1. The Bertz CT molecular complexity index is 631. The van der Waals surface area contributed by atoms with Gasteiger partial charge in [0.1, 0.15) is 5.56 Å². The standard InChI is InChI=1S/C11H7ClN4O2/c1-13-10-8(12)3-7(11(17)18-2)9(16-10)6-4-14-15-5-6/h3-5H,2H3,(H,14,15). The first-order valence-corrected chi connectivity index (χ1v) is 5.20. The molecular formula is C11H7ClN4O2. The van der Waals surface area contributed by atoms with Crippen LogP contribution in [0.2, 0.25) is 5.02 Å². The first kappa shape index (κ1) is 12.1. The minimum absolute atomic E-state index is 0.0283. The summed E-state index contributed by atoms with van der Waals surface area (Å²) in [5, 5.41) is 6.50. The zero-order valence-corrected chi connectivity index (χ0v) is 10.0. The molecule has 90 valence electrons. The van der Waals surface area contributed by atoms with Gasteiger partial charge in [-0.15, -0.1) is 4.98 Å². The first-order chi connectivity index (χ1) is 8.67. The number of H-pyrrole nitrogens is 1. The van der Waals surface area contributed by atoms with Crippen molar-refractivity contribution in [1.82, 2.24) is 15.2 Å². The monoisotopic (exact) mass is 262 g/mol. The number of halogens is 1. The van der Waals surface area contributed by atoms with Crippen molar-refractivity contribution in [1.29, 1.82) is 0 Å². The van der Waals surface area contributed by atoms with Gasteiger partial charge in [-0.05, 0) is 6.07 Å². The van der Waals surface area contributed by atoms with E-state index >= 15 is 0 Å². The van der Waals surface area contributed by atoms with Crippen LogP contribution in [0.3, 0.4) is 0 Å². The third-order valence-corrected chi connectivity index (χ3v) is 2.52. The summed E-state index contributed by atoms with van der Waals surface area (Å²) in [6.07, 6.45) is 3.06. The minimum atomic E-state index is -0.572. The normalized spacial score (nSPS) is 9.83. The maximum atomic E-state index is 11.7. The molecule has 0 saturated carbocycles. The van der Waals surface area contributed by atoms with Crippen LogP contribution in [0.15, 0.2) is 18.5 Å². The van der Waals surface area contributed by atoms with Crippen molar-refractivity contribution in [2.45, 2.75) is 0 Å². The lowest BCUT2D eigenvalue weighted by molar-refractivity contribution is 0.0601. The number of aromatic nitrogens is 3. The molecule has 2 heterocycles. The van der Waals surface area contributed by atoms with Crippen LogP contribution in [0.1, 0.15) is 10.4 Å². The Morgan fingerprint density at radius 3 is 2.94 bits per heavy atom. The molecule has 0 unspecified atom stereocenters. The number of esters is 1. The van der Waals surface area contributed by atoms with Gasteiger partial charge in [-0.3, -0.25) is 5.10 Å². The molecule has 0 aromatic carbocycles. The number of hydrogen-bond acceptors (Lipinski definition) is 4. The molecule has 0 saturated heterocycles. The lowest BCUT2D eigenvalue weighted by atomic mass is 10.1. The third kappa shape index (κ3) is 2.04. The number of methoxy groups -OCH3 is 1. The lowest BCUT2D eigenvalue weighted by Crippen LogP contribution is -2.05. The number of rotatable bonds is 2. The number of hydrogen-bond donors (Lipinski definition) is 1. The van der Waals surface area contributed by atoms with E-state index in [1.165, 1.54) is 19.4 Å². The Morgan fingerprint density at radius 1 is 1.61 bits per heavy atom. The van der Waals surface area contributed by atoms with Crippen LogP contribution >= 0.6 is 11.6 Å². The summed E-state index contributed by atoms with van der Waals surface area (Å²) in [4.78, 5) is 18.9. The van der Waals surface area contributed by atoms with Gasteiger partial charge >= 0.3 is 5.97 Å². The molecule has 0 spiro atoms. The number of carbonyl (C=O) groups excluding carboxylic acids is 1. The molecule has 2 rings (SSSR count). The molecule has 0 radical (unpaired) electrons. The maximum absolute atomic E-state index is 11.7. The zero-order valence-electron chi connectivity index (χ0n) is 9.27. The summed E-state index contributed by atoms with van der Waals surface area (Å²) in [7, 11) is 1.26. The molecule has 1 N–H and O–H groups in total. The highest BCUT2D eigenvalue weighted by Crippen LogP contribution is 2.30. The van der Waals surface area contributed by atoms with Gasteiger partial charge < -0.3 is 9.58 Å². The number of ether oxygens (including phenoxy) is 1. The van der Waals surface area contributed by atoms with Crippen molar-refractivity contribution in [3.05, 3.63) is 40.5 Å². The average molecular weight is 263 g/mol. The van der Waals surface area contributed by atoms with Crippen molar-refractivity contribution in [3.63, 3.8) is 0 Å². The molecule has 2 aromatic rings. The van der Waals surface area contributed by atoms with Crippen molar-refractivity contribution in [2.24, 2.45) is 0 Å². The molecule has 0 atom stereocenters. The Morgan fingerprint density at radius 2 is 2.39 bits per heavy atom. The quantitative estimate of drug-likeness (QED) is 0.666. The molecule has 0 aliphatic rings. The lowest BCUT2D eigenvalue weighted by Gasteiger charge is -2.04. The molecule has 2 aromatic heterocycles. The highest BCUT2D eigenvalue weighted by Gasteiger charge is 2.21. The fraction of sp³-hybridized carbons (Fsp3) is 0.0909. The van der Waals surface area contributed by atoms with E-state index in [0.717, 1.165) is 0 Å². The number of aromatic amines is 1.